The van der Waals surface area contributed by atoms with Crippen LogP contribution in [0, 0.1) is 5.92 Å². The molecule has 2 aromatic carbocycles. The van der Waals surface area contributed by atoms with Gasteiger partial charge in [0.05, 0.1) is 23.9 Å². The number of rotatable bonds is 8. The lowest BCUT2D eigenvalue weighted by atomic mass is 10.1. The smallest absolute Gasteiger partial charge is 0.323 e. The molecule has 1 fully saturated rings. The molecule has 0 saturated heterocycles. The minimum atomic E-state index is -0.801. The number of nitrogens with zero attached hydrogens (tertiary/aromatic N) is 1. The summed E-state index contributed by atoms with van der Waals surface area (Å²) in [5.74, 6) is -0.0489. The van der Waals surface area contributed by atoms with Crippen molar-refractivity contribution in [3.63, 3.8) is 0 Å². The van der Waals surface area contributed by atoms with E-state index in [1.807, 2.05) is 0 Å². The summed E-state index contributed by atoms with van der Waals surface area (Å²) >= 11 is 6.04. The lowest BCUT2D eigenvalue weighted by molar-refractivity contribution is -0.124. The topological polar surface area (TPSA) is 138 Å². The van der Waals surface area contributed by atoms with Gasteiger partial charge in [0.1, 0.15) is 6.04 Å². The van der Waals surface area contributed by atoms with Gasteiger partial charge in [0.15, 0.2) is 0 Å². The van der Waals surface area contributed by atoms with Crippen molar-refractivity contribution in [2.45, 2.75) is 31.3 Å². The summed E-state index contributed by atoms with van der Waals surface area (Å²) in [6.07, 6.45) is 3.92. The first-order valence-electron chi connectivity index (χ1n) is 11.0. The Morgan fingerprint density at radius 1 is 1.12 bits per heavy atom. The predicted octanol–water partition coefficient (Wildman–Crippen LogP) is 3.36. The van der Waals surface area contributed by atoms with Crippen LogP contribution in [0.3, 0.4) is 0 Å². The molecule has 4 rings (SSSR count). The van der Waals surface area contributed by atoms with Crippen LogP contribution in [0.1, 0.15) is 30.9 Å². The second-order valence-corrected chi connectivity index (χ2v) is 8.83. The number of anilines is 1. The molecule has 0 aliphatic heterocycles. The van der Waals surface area contributed by atoms with Crippen LogP contribution in [-0.4, -0.2) is 40.3 Å². The average Bonchev–Trinajstić information content (AvgIpc) is 3.56. The Morgan fingerprint density at radius 3 is 2.56 bits per heavy atom. The Hall–Kier alpha value is -3.56. The van der Waals surface area contributed by atoms with Crippen LogP contribution < -0.4 is 21.7 Å². The Balaban J connectivity index is 1.48. The summed E-state index contributed by atoms with van der Waals surface area (Å²) in [7, 11) is 0. The fourth-order valence-electron chi connectivity index (χ4n) is 3.93. The van der Waals surface area contributed by atoms with Crippen molar-refractivity contribution in [2.75, 3.05) is 11.9 Å². The number of nitrogens with two attached hydrogens (primary N) is 1. The number of nitrogens with one attached hydrogen (secondary N) is 3. The van der Waals surface area contributed by atoms with Gasteiger partial charge in [-0.1, -0.05) is 54.8 Å². The van der Waals surface area contributed by atoms with Crippen LogP contribution in [0.15, 0.2) is 54.7 Å². The highest BCUT2D eigenvalue weighted by molar-refractivity contribution is 6.30. The maximum absolute atomic E-state index is 13.1. The number of para-hydroxylation sites is 1. The summed E-state index contributed by atoms with van der Waals surface area (Å²) < 4.78 is 1.25. The lowest BCUT2D eigenvalue weighted by Crippen LogP contribution is -2.49. The first-order valence-corrected chi connectivity index (χ1v) is 11.4. The monoisotopic (exact) mass is 483 g/mol. The summed E-state index contributed by atoms with van der Waals surface area (Å²) in [5.41, 5.74) is 7.05. The van der Waals surface area contributed by atoms with E-state index in [4.69, 9.17) is 17.3 Å². The number of carbonyl (C=O) groups is 3. The molecular formula is C24H26ClN5O4. The first kappa shape index (κ1) is 23.6. The largest absolute Gasteiger partial charge is 0.394 e. The number of amides is 4. The van der Waals surface area contributed by atoms with E-state index in [1.165, 1.54) is 10.8 Å². The molecule has 6 N–H and O–H groups in total. The number of primary amides is 1. The highest BCUT2D eigenvalue weighted by Crippen LogP contribution is 2.34. The number of aliphatic hydroxyl groups is 1. The Labute approximate surface area is 201 Å². The third-order valence-corrected chi connectivity index (χ3v) is 6.07. The molecule has 1 saturated carbocycles. The minimum Gasteiger partial charge on any atom is -0.394 e. The van der Waals surface area contributed by atoms with Crippen molar-refractivity contribution in [1.29, 1.82) is 0 Å². The lowest BCUT2D eigenvalue weighted by Gasteiger charge is -2.23. The van der Waals surface area contributed by atoms with E-state index >= 15 is 0 Å². The summed E-state index contributed by atoms with van der Waals surface area (Å²) in [5, 5.41) is 19.2. The van der Waals surface area contributed by atoms with E-state index in [2.05, 4.69) is 16.0 Å². The fraction of sp³-hybridized carbons (Fsp3) is 0.292. The number of benzene rings is 2. The molecule has 4 amide bonds. The molecule has 1 aliphatic rings. The van der Waals surface area contributed by atoms with Gasteiger partial charge < -0.3 is 26.8 Å². The molecule has 0 bridgehead atoms. The van der Waals surface area contributed by atoms with Crippen LogP contribution in [0.5, 0.6) is 0 Å². The van der Waals surface area contributed by atoms with Crippen molar-refractivity contribution < 1.29 is 19.5 Å². The van der Waals surface area contributed by atoms with Crippen LogP contribution >= 0.6 is 11.6 Å². The van der Waals surface area contributed by atoms with Crippen molar-refractivity contribution in [2.24, 2.45) is 11.7 Å². The summed E-state index contributed by atoms with van der Waals surface area (Å²) in [4.78, 5) is 37.6. The number of urea groups is 1. The molecule has 1 heterocycles. The molecule has 0 radical (unpaired) electrons. The minimum absolute atomic E-state index is 0.318. The van der Waals surface area contributed by atoms with E-state index < -0.39 is 30.1 Å². The van der Waals surface area contributed by atoms with Crippen LogP contribution in [-0.2, 0) is 4.79 Å². The molecule has 0 unspecified atom stereocenters. The van der Waals surface area contributed by atoms with Crippen molar-refractivity contribution in [3.05, 3.63) is 65.3 Å². The van der Waals surface area contributed by atoms with E-state index in [9.17, 15) is 19.5 Å². The highest BCUT2D eigenvalue weighted by atomic mass is 35.5. The average molecular weight is 484 g/mol. The zero-order chi connectivity index (χ0) is 24.2. The highest BCUT2D eigenvalue weighted by Gasteiger charge is 2.31. The molecule has 178 valence electrons. The van der Waals surface area contributed by atoms with Gasteiger partial charge >= 0.3 is 12.1 Å². The van der Waals surface area contributed by atoms with Gasteiger partial charge in [0.2, 0.25) is 5.91 Å². The van der Waals surface area contributed by atoms with E-state index in [-0.39, 0.29) is 6.61 Å². The molecule has 1 aliphatic carbocycles. The van der Waals surface area contributed by atoms with Crippen molar-refractivity contribution >= 4 is 46.2 Å². The molecule has 2 atom stereocenters. The Morgan fingerprint density at radius 2 is 1.88 bits per heavy atom. The van der Waals surface area contributed by atoms with E-state index in [0.717, 1.165) is 12.8 Å². The van der Waals surface area contributed by atoms with Gasteiger partial charge in [-0.05, 0) is 36.1 Å². The van der Waals surface area contributed by atoms with Gasteiger partial charge in [-0.25, -0.2) is 9.59 Å². The molecule has 10 heteroatoms. The quantitative estimate of drug-likeness (QED) is 0.335. The number of aliphatic hydroxyl groups excluding tert-OH is 1. The Bertz CT molecular complexity index is 1220. The van der Waals surface area contributed by atoms with Gasteiger partial charge in [0, 0.05) is 16.6 Å². The zero-order valence-corrected chi connectivity index (χ0v) is 19.1. The van der Waals surface area contributed by atoms with E-state index in [0.29, 0.717) is 39.5 Å². The van der Waals surface area contributed by atoms with Crippen molar-refractivity contribution in [3.8, 4) is 0 Å². The van der Waals surface area contributed by atoms with Gasteiger partial charge in [-0.15, -0.1) is 0 Å². The zero-order valence-electron chi connectivity index (χ0n) is 18.3. The number of hydrogen-bond acceptors (Lipinski definition) is 4. The molecule has 1 aromatic heterocycles. The predicted molar refractivity (Wildman–Crippen MR) is 130 cm³/mol. The van der Waals surface area contributed by atoms with Gasteiger partial charge in [0.25, 0.3) is 0 Å². The van der Waals surface area contributed by atoms with Gasteiger partial charge in [-0.3, -0.25) is 9.36 Å². The summed E-state index contributed by atoms with van der Waals surface area (Å²) in [6, 6.07) is 11.2. The Kier molecular flexibility index (Phi) is 7.04. The SMILES string of the molecule is NC(=O)n1cc(NC(=O)N[C@@H](CC2CC2)C(=O)N[C@H](CO)c2cccc(Cl)c2)c2ccccc21. The first-order chi connectivity index (χ1) is 16.4. The molecule has 9 nitrogen and oxygen atoms in total. The third kappa shape index (κ3) is 5.49. The van der Waals surface area contributed by atoms with Crippen LogP contribution in [0.4, 0.5) is 15.3 Å². The standard InChI is InChI=1S/C24H26ClN5O4/c25-16-5-3-4-15(11-16)20(13-31)27-22(32)18(10-14-8-9-14)28-24(34)29-19-12-30(23(26)33)21-7-2-1-6-17(19)21/h1-7,11-12,14,18,20,31H,8-10,13H2,(H2,26,33)(H,27,32)(H2,28,29,34)/t18-,20+/m0/s1. The number of carbonyl (C=O) groups excluding carboxylic acids is 3. The van der Waals surface area contributed by atoms with Gasteiger partial charge in [-0.2, -0.15) is 0 Å². The molecular weight excluding hydrogens is 458 g/mol. The molecule has 0 spiro atoms. The molecule has 3 aromatic rings. The number of fused-ring (bicyclic) bond motifs is 1. The van der Waals surface area contributed by atoms with Crippen LogP contribution in [0.25, 0.3) is 10.9 Å². The fourth-order valence-corrected chi connectivity index (χ4v) is 4.13. The third-order valence-electron chi connectivity index (χ3n) is 5.84. The molecule has 34 heavy (non-hydrogen) atoms. The second-order valence-electron chi connectivity index (χ2n) is 8.40. The maximum atomic E-state index is 13.1. The number of halogens is 1. The second kappa shape index (κ2) is 10.1. The number of aromatic nitrogens is 1. The number of hydrogen-bond donors (Lipinski definition) is 5. The van der Waals surface area contributed by atoms with E-state index in [1.54, 1.807) is 48.5 Å². The maximum Gasteiger partial charge on any atom is 0.323 e. The summed E-state index contributed by atoms with van der Waals surface area (Å²) in [6.45, 7) is -0.318. The van der Waals surface area contributed by atoms with Crippen LogP contribution in [0.2, 0.25) is 5.02 Å². The van der Waals surface area contributed by atoms with Crippen molar-refractivity contribution in [1.82, 2.24) is 15.2 Å². The normalized spacial score (nSPS) is 14.9.